The van der Waals surface area contributed by atoms with Crippen LogP contribution in [0, 0.1) is 0 Å². The van der Waals surface area contributed by atoms with Crippen LogP contribution in [0.25, 0.3) is 0 Å². The number of nitrogens with zero attached hydrogens (tertiary/aromatic N) is 1. The van der Waals surface area contributed by atoms with Crippen LogP contribution in [-0.2, 0) is 24.3 Å². The number of carbonyl (C=O) groups is 1. The van der Waals surface area contributed by atoms with Gasteiger partial charge in [0.2, 0.25) is 0 Å². The van der Waals surface area contributed by atoms with Gasteiger partial charge in [0, 0.05) is 38.8 Å². The van der Waals surface area contributed by atoms with E-state index in [0.29, 0.717) is 0 Å². The Balaban J connectivity index is 0. The minimum absolute atomic E-state index is 0. The minimum atomic E-state index is -0.833. The van der Waals surface area contributed by atoms with Gasteiger partial charge in [0.15, 0.2) is 0 Å². The second-order valence-electron chi connectivity index (χ2n) is 1.54. The van der Waals surface area contributed by atoms with Gasteiger partial charge in [-0.1, -0.05) is 6.07 Å². The molecule has 0 aliphatic heterocycles. The van der Waals surface area contributed by atoms with Crippen molar-refractivity contribution in [3.63, 3.8) is 0 Å². The fourth-order valence-corrected chi connectivity index (χ4v) is 0.313. The average Bonchev–Trinajstić information content (AvgIpc) is 1.90. The Morgan fingerprint density at radius 1 is 1.27 bits per heavy atom. The third kappa shape index (κ3) is 17.6. The predicted octanol–water partition coefficient (Wildman–Crippen LogP) is 1.17. The van der Waals surface area contributed by atoms with Gasteiger partial charge in [-0.25, -0.2) is 0 Å². The van der Waals surface area contributed by atoms with Crippen molar-refractivity contribution in [1.82, 2.24) is 4.98 Å². The molecule has 1 heterocycles. The van der Waals surface area contributed by atoms with Crippen molar-refractivity contribution in [3.8, 4) is 0 Å². The van der Waals surface area contributed by atoms with Crippen molar-refractivity contribution in [2.45, 2.75) is 6.92 Å². The quantitative estimate of drug-likeness (QED) is 0.646. The number of carboxylic acids is 1. The van der Waals surface area contributed by atoms with Gasteiger partial charge in [0.1, 0.15) is 0 Å². The summed E-state index contributed by atoms with van der Waals surface area (Å²) < 4.78 is 0. The van der Waals surface area contributed by atoms with Crippen LogP contribution in [0.5, 0.6) is 0 Å². The molecule has 0 spiro atoms. The molecule has 0 aromatic carbocycles. The molecule has 3 nitrogen and oxygen atoms in total. The van der Waals surface area contributed by atoms with Crippen molar-refractivity contribution in [3.05, 3.63) is 30.6 Å². The van der Waals surface area contributed by atoms with E-state index in [1.165, 1.54) is 0 Å². The first kappa shape index (κ1) is 12.9. The topological polar surface area (TPSA) is 50.2 Å². The second-order valence-corrected chi connectivity index (χ2v) is 1.54. The second kappa shape index (κ2) is 9.24. The number of aromatic nitrogens is 1. The van der Waals surface area contributed by atoms with E-state index in [9.17, 15) is 0 Å². The summed E-state index contributed by atoms with van der Waals surface area (Å²) in [6.07, 6.45) is 3.50. The summed E-state index contributed by atoms with van der Waals surface area (Å²) in [7, 11) is 0. The number of pyridine rings is 1. The first-order chi connectivity index (χ1) is 4.73. The number of rotatable bonds is 0. The molecule has 1 aromatic rings. The van der Waals surface area contributed by atoms with Crippen LogP contribution < -0.4 is 0 Å². The smallest absolute Gasteiger partial charge is 0.300 e. The van der Waals surface area contributed by atoms with Gasteiger partial charge < -0.3 is 5.11 Å². The standard InChI is InChI=1S/C5H5N.C2H4O2.Zn/c1-2-4-6-5-3-1;1-2(3)4;/h1-5H;1H3,(H,3,4);. The number of hydrogen-bond donors (Lipinski definition) is 1. The molecule has 11 heavy (non-hydrogen) atoms. The summed E-state index contributed by atoms with van der Waals surface area (Å²) in [5, 5.41) is 7.42. The van der Waals surface area contributed by atoms with Crippen LogP contribution in [0.1, 0.15) is 6.92 Å². The molecule has 1 rings (SSSR count). The zero-order valence-electron chi connectivity index (χ0n) is 6.40. The van der Waals surface area contributed by atoms with Crippen LogP contribution in [0.4, 0.5) is 0 Å². The maximum atomic E-state index is 9.00. The molecule has 4 heteroatoms. The van der Waals surface area contributed by atoms with Crippen LogP contribution in [0.15, 0.2) is 30.6 Å². The van der Waals surface area contributed by atoms with Gasteiger partial charge in [-0.05, 0) is 12.1 Å². The molecular formula is C7H9NO2Zn. The normalized spacial score (nSPS) is 6.64. The Morgan fingerprint density at radius 3 is 1.73 bits per heavy atom. The van der Waals surface area contributed by atoms with E-state index in [1.807, 2.05) is 18.2 Å². The Kier molecular flexibility index (Phi) is 10.8. The third-order valence-electron chi connectivity index (χ3n) is 0.566. The van der Waals surface area contributed by atoms with E-state index in [4.69, 9.17) is 9.90 Å². The van der Waals surface area contributed by atoms with Gasteiger partial charge in [-0.15, -0.1) is 0 Å². The summed E-state index contributed by atoms with van der Waals surface area (Å²) in [4.78, 5) is 12.8. The van der Waals surface area contributed by atoms with Crippen LogP contribution in [0.2, 0.25) is 0 Å². The molecule has 0 aliphatic rings. The summed E-state index contributed by atoms with van der Waals surface area (Å²) in [6.45, 7) is 1.08. The predicted molar refractivity (Wildman–Crippen MR) is 37.5 cm³/mol. The fraction of sp³-hybridized carbons (Fsp3) is 0.143. The maximum absolute atomic E-state index is 9.00. The molecule has 0 unspecified atom stereocenters. The average molecular weight is 205 g/mol. The molecule has 0 amide bonds. The van der Waals surface area contributed by atoms with E-state index < -0.39 is 5.97 Å². The van der Waals surface area contributed by atoms with Crippen molar-refractivity contribution < 1.29 is 29.4 Å². The van der Waals surface area contributed by atoms with Gasteiger partial charge in [-0.2, -0.15) is 0 Å². The van der Waals surface area contributed by atoms with Crippen LogP contribution in [0.3, 0.4) is 0 Å². The number of carboxylic acid groups (broad SMARTS) is 1. The molecule has 0 aliphatic carbocycles. The summed E-state index contributed by atoms with van der Waals surface area (Å²) >= 11 is 0. The van der Waals surface area contributed by atoms with E-state index in [-0.39, 0.29) is 19.5 Å². The Hall–Kier alpha value is -0.757. The molecule has 0 bridgehead atoms. The van der Waals surface area contributed by atoms with Gasteiger partial charge in [0.05, 0.1) is 0 Å². The van der Waals surface area contributed by atoms with Crippen molar-refractivity contribution in [2.75, 3.05) is 0 Å². The van der Waals surface area contributed by atoms with Crippen LogP contribution in [-0.4, -0.2) is 16.1 Å². The molecule has 0 saturated carbocycles. The largest absolute Gasteiger partial charge is 0.481 e. The Labute approximate surface area is 78.2 Å². The first-order valence-corrected chi connectivity index (χ1v) is 2.78. The van der Waals surface area contributed by atoms with Gasteiger partial charge in [0.25, 0.3) is 5.97 Å². The summed E-state index contributed by atoms with van der Waals surface area (Å²) in [5.74, 6) is -0.833. The maximum Gasteiger partial charge on any atom is 0.300 e. The molecular weight excluding hydrogens is 195 g/mol. The van der Waals surface area contributed by atoms with E-state index >= 15 is 0 Å². The minimum Gasteiger partial charge on any atom is -0.481 e. The molecule has 0 saturated heterocycles. The molecule has 1 N–H and O–H groups in total. The monoisotopic (exact) mass is 203 g/mol. The summed E-state index contributed by atoms with van der Waals surface area (Å²) in [6, 6.07) is 5.72. The fourth-order valence-electron chi connectivity index (χ4n) is 0.313. The van der Waals surface area contributed by atoms with Crippen molar-refractivity contribution >= 4 is 5.97 Å². The van der Waals surface area contributed by atoms with Crippen LogP contribution >= 0.6 is 0 Å². The summed E-state index contributed by atoms with van der Waals surface area (Å²) in [5.41, 5.74) is 0. The third-order valence-corrected chi connectivity index (χ3v) is 0.566. The molecule has 0 fully saturated rings. The van der Waals surface area contributed by atoms with Gasteiger partial charge in [-0.3, -0.25) is 9.78 Å². The number of aliphatic carboxylic acids is 1. The van der Waals surface area contributed by atoms with Crippen molar-refractivity contribution in [1.29, 1.82) is 0 Å². The Bertz CT molecular complexity index is 148. The zero-order valence-corrected chi connectivity index (χ0v) is 9.36. The Morgan fingerprint density at radius 2 is 1.64 bits per heavy atom. The molecule has 0 atom stereocenters. The molecule has 0 radical (unpaired) electrons. The SMILES string of the molecule is CC(=O)O.[Zn].c1ccncc1. The zero-order chi connectivity index (χ0) is 7.82. The van der Waals surface area contributed by atoms with E-state index in [2.05, 4.69) is 4.98 Å². The van der Waals surface area contributed by atoms with Gasteiger partial charge >= 0.3 is 0 Å². The van der Waals surface area contributed by atoms with Crippen molar-refractivity contribution in [2.24, 2.45) is 0 Å². The molecule has 56 valence electrons. The van der Waals surface area contributed by atoms with E-state index in [0.717, 1.165) is 6.92 Å². The van der Waals surface area contributed by atoms with E-state index in [1.54, 1.807) is 12.4 Å². The first-order valence-electron chi connectivity index (χ1n) is 2.78. The number of hydrogen-bond acceptors (Lipinski definition) is 2. The molecule has 1 aromatic heterocycles.